The van der Waals surface area contributed by atoms with Crippen LogP contribution in [0.15, 0.2) is 15.9 Å². The summed E-state index contributed by atoms with van der Waals surface area (Å²) in [7, 11) is 0. The van der Waals surface area contributed by atoms with Crippen LogP contribution in [-0.2, 0) is 16.0 Å². The van der Waals surface area contributed by atoms with Crippen molar-refractivity contribution in [1.82, 2.24) is 4.98 Å². The minimum absolute atomic E-state index is 0.127. The Bertz CT molecular complexity index is 635. The minimum Gasteiger partial charge on any atom is -0.465 e. The van der Waals surface area contributed by atoms with Crippen LogP contribution in [0.1, 0.15) is 36.3 Å². The maximum Gasteiger partial charge on any atom is 0.315 e. The lowest BCUT2D eigenvalue weighted by atomic mass is 9.91. The second kappa shape index (κ2) is 5.95. The number of hydrogen-bond donors (Lipinski definition) is 0. The largest absolute Gasteiger partial charge is 0.465 e. The Hall–Kier alpha value is -0.720. The first-order chi connectivity index (χ1) is 9.69. The first kappa shape index (κ1) is 14.2. The van der Waals surface area contributed by atoms with Crippen LogP contribution >= 0.6 is 38.6 Å². The molecule has 1 unspecified atom stereocenters. The molecule has 0 aromatic carbocycles. The average molecular weight is 372 g/mol. The van der Waals surface area contributed by atoms with E-state index in [-0.39, 0.29) is 11.9 Å². The molecule has 20 heavy (non-hydrogen) atoms. The lowest BCUT2D eigenvalue weighted by Crippen LogP contribution is -2.20. The number of ether oxygens (including phenoxy) is 1. The Kier molecular flexibility index (Phi) is 4.23. The van der Waals surface area contributed by atoms with Gasteiger partial charge in [-0.2, -0.15) is 0 Å². The van der Waals surface area contributed by atoms with E-state index < -0.39 is 0 Å². The molecule has 0 saturated heterocycles. The van der Waals surface area contributed by atoms with Gasteiger partial charge >= 0.3 is 5.97 Å². The fourth-order valence-corrected chi connectivity index (χ4v) is 5.03. The van der Waals surface area contributed by atoms with Gasteiger partial charge in [-0.3, -0.25) is 4.79 Å². The molecule has 2 heterocycles. The van der Waals surface area contributed by atoms with Gasteiger partial charge in [0.05, 0.1) is 21.0 Å². The number of carbonyl (C=O) groups is 1. The van der Waals surface area contributed by atoms with Crippen LogP contribution in [0.4, 0.5) is 0 Å². The lowest BCUT2D eigenvalue weighted by molar-refractivity contribution is -0.145. The first-order valence-corrected chi connectivity index (χ1v) is 9.03. The molecule has 1 aliphatic rings. The van der Waals surface area contributed by atoms with E-state index in [1.165, 1.54) is 4.88 Å². The summed E-state index contributed by atoms with van der Waals surface area (Å²) in [6, 6.07) is 4.10. The molecule has 0 amide bonds. The van der Waals surface area contributed by atoms with Crippen LogP contribution in [0.5, 0.6) is 0 Å². The monoisotopic (exact) mass is 371 g/mol. The van der Waals surface area contributed by atoms with Gasteiger partial charge in [-0.15, -0.1) is 22.7 Å². The highest BCUT2D eigenvalue weighted by Gasteiger charge is 2.31. The molecule has 1 aliphatic carbocycles. The molecule has 0 radical (unpaired) electrons. The molecule has 2 aromatic rings. The van der Waals surface area contributed by atoms with E-state index in [4.69, 9.17) is 9.72 Å². The quantitative estimate of drug-likeness (QED) is 0.739. The Morgan fingerprint density at radius 2 is 2.35 bits per heavy atom. The van der Waals surface area contributed by atoms with Crippen LogP contribution in [0.3, 0.4) is 0 Å². The number of aryl methyl sites for hydroxylation is 1. The summed E-state index contributed by atoms with van der Waals surface area (Å²) in [6.45, 7) is 2.27. The molecule has 3 nitrogen and oxygen atoms in total. The number of esters is 1. The molecular weight excluding hydrogens is 358 g/mol. The minimum atomic E-state index is -0.174. The van der Waals surface area contributed by atoms with Crippen LogP contribution in [0.25, 0.3) is 9.88 Å². The number of thiophene rings is 1. The fourth-order valence-electron chi connectivity index (χ4n) is 2.43. The van der Waals surface area contributed by atoms with Crippen molar-refractivity contribution in [2.75, 3.05) is 6.61 Å². The molecule has 0 bridgehead atoms. The van der Waals surface area contributed by atoms with Crippen molar-refractivity contribution in [2.45, 2.75) is 32.1 Å². The molecule has 0 aliphatic heterocycles. The number of hydrogen-bond acceptors (Lipinski definition) is 5. The molecule has 6 heteroatoms. The highest BCUT2D eigenvalue weighted by atomic mass is 79.9. The number of aromatic nitrogens is 1. The normalized spacial score (nSPS) is 17.8. The van der Waals surface area contributed by atoms with E-state index in [9.17, 15) is 4.79 Å². The zero-order valence-corrected chi connectivity index (χ0v) is 14.2. The molecular formula is C14H14BrNO2S2. The van der Waals surface area contributed by atoms with Crippen molar-refractivity contribution >= 4 is 44.6 Å². The van der Waals surface area contributed by atoms with Crippen molar-refractivity contribution in [3.8, 4) is 9.88 Å². The zero-order chi connectivity index (χ0) is 14.1. The number of fused-ring (bicyclic) bond motifs is 1. The van der Waals surface area contributed by atoms with Gasteiger partial charge < -0.3 is 4.74 Å². The summed E-state index contributed by atoms with van der Waals surface area (Å²) in [5.41, 5.74) is 0.944. The summed E-state index contributed by atoms with van der Waals surface area (Å²) in [4.78, 5) is 19.2. The smallest absolute Gasteiger partial charge is 0.315 e. The van der Waals surface area contributed by atoms with E-state index in [1.54, 1.807) is 22.7 Å². The van der Waals surface area contributed by atoms with Gasteiger partial charge in [-0.05, 0) is 54.2 Å². The van der Waals surface area contributed by atoms with Crippen molar-refractivity contribution in [3.05, 3.63) is 26.5 Å². The van der Waals surface area contributed by atoms with Crippen molar-refractivity contribution in [1.29, 1.82) is 0 Å². The maximum atomic E-state index is 12.0. The van der Waals surface area contributed by atoms with Crippen molar-refractivity contribution < 1.29 is 9.53 Å². The van der Waals surface area contributed by atoms with E-state index in [1.807, 2.05) is 13.0 Å². The predicted molar refractivity (Wildman–Crippen MR) is 85.4 cm³/mol. The molecule has 0 fully saturated rings. The SMILES string of the molecule is CCOC(=O)C1CCCc2sc(-c3ccc(Br)s3)nc21. The summed E-state index contributed by atoms with van der Waals surface area (Å²) < 4.78 is 6.28. The van der Waals surface area contributed by atoms with Gasteiger partial charge in [0, 0.05) is 4.88 Å². The molecule has 0 saturated carbocycles. The number of nitrogens with zero attached hydrogens (tertiary/aromatic N) is 1. The van der Waals surface area contributed by atoms with E-state index in [2.05, 4.69) is 22.0 Å². The number of halogens is 1. The number of carbonyl (C=O) groups excluding carboxylic acids is 1. The lowest BCUT2D eigenvalue weighted by Gasteiger charge is -2.19. The summed E-state index contributed by atoms with van der Waals surface area (Å²) >= 11 is 6.86. The molecule has 0 spiro atoms. The Morgan fingerprint density at radius 3 is 3.05 bits per heavy atom. The Balaban J connectivity index is 1.94. The number of thiazole rings is 1. The van der Waals surface area contributed by atoms with E-state index in [0.717, 1.165) is 38.6 Å². The Labute approximate surface area is 134 Å². The van der Waals surface area contributed by atoms with Crippen LogP contribution in [-0.4, -0.2) is 17.6 Å². The second-order valence-corrected chi connectivity index (χ2v) is 8.17. The molecule has 2 aromatic heterocycles. The summed E-state index contributed by atoms with van der Waals surface area (Å²) in [5, 5.41) is 1.02. The van der Waals surface area contributed by atoms with Crippen LogP contribution in [0, 0.1) is 0 Å². The van der Waals surface area contributed by atoms with Gasteiger partial charge in [-0.1, -0.05) is 0 Å². The molecule has 3 rings (SSSR count). The van der Waals surface area contributed by atoms with E-state index >= 15 is 0 Å². The standard InChI is InChI=1S/C14H14BrNO2S2/c1-2-18-14(17)8-4-3-5-9-12(8)16-13(20-9)10-6-7-11(15)19-10/h6-8H,2-5H2,1H3. The third kappa shape index (κ3) is 2.69. The maximum absolute atomic E-state index is 12.0. The summed E-state index contributed by atoms with van der Waals surface area (Å²) in [6.07, 6.45) is 2.91. The molecule has 0 N–H and O–H groups in total. The predicted octanol–water partition coefficient (Wildman–Crippen LogP) is 4.62. The highest BCUT2D eigenvalue weighted by Crippen LogP contribution is 2.41. The molecule has 106 valence electrons. The fraction of sp³-hybridized carbons (Fsp3) is 0.429. The third-order valence-corrected chi connectivity index (χ3v) is 6.23. The van der Waals surface area contributed by atoms with E-state index in [0.29, 0.717) is 6.61 Å². The van der Waals surface area contributed by atoms with Gasteiger partial charge in [0.2, 0.25) is 0 Å². The highest BCUT2D eigenvalue weighted by molar-refractivity contribution is 9.11. The molecule has 1 atom stereocenters. The van der Waals surface area contributed by atoms with Gasteiger partial charge in [0.25, 0.3) is 0 Å². The van der Waals surface area contributed by atoms with Crippen molar-refractivity contribution in [2.24, 2.45) is 0 Å². The van der Waals surface area contributed by atoms with Crippen LogP contribution in [0.2, 0.25) is 0 Å². The topological polar surface area (TPSA) is 39.2 Å². The van der Waals surface area contributed by atoms with Crippen molar-refractivity contribution in [3.63, 3.8) is 0 Å². The Morgan fingerprint density at radius 1 is 1.50 bits per heavy atom. The van der Waals surface area contributed by atoms with Gasteiger partial charge in [0.15, 0.2) is 0 Å². The van der Waals surface area contributed by atoms with Gasteiger partial charge in [0.1, 0.15) is 10.9 Å². The van der Waals surface area contributed by atoms with Crippen LogP contribution < -0.4 is 0 Å². The third-order valence-electron chi connectivity index (χ3n) is 3.31. The number of rotatable bonds is 3. The first-order valence-electron chi connectivity index (χ1n) is 6.61. The zero-order valence-electron chi connectivity index (χ0n) is 11.0. The second-order valence-electron chi connectivity index (χ2n) is 4.63. The average Bonchev–Trinajstić information content (AvgIpc) is 3.03. The van der Waals surface area contributed by atoms with Gasteiger partial charge in [-0.25, -0.2) is 4.98 Å². The summed E-state index contributed by atoms with van der Waals surface area (Å²) in [5.74, 6) is -0.301.